The zero-order valence-electron chi connectivity index (χ0n) is 21.1. The highest BCUT2D eigenvalue weighted by molar-refractivity contribution is 6.30. The lowest BCUT2D eigenvalue weighted by Crippen LogP contribution is -2.28. The van der Waals surface area contributed by atoms with E-state index in [1.165, 1.54) is 44.5 Å². The van der Waals surface area contributed by atoms with E-state index in [9.17, 15) is 0 Å². The Morgan fingerprint density at radius 1 is 0.333 bits per heavy atom. The number of fused-ring (bicyclic) bond motifs is 3. The fourth-order valence-electron chi connectivity index (χ4n) is 6.13. The Labute approximate surface area is 239 Å². The molecule has 1 aliphatic carbocycles. The second kappa shape index (κ2) is 9.58. The summed E-state index contributed by atoms with van der Waals surface area (Å²) in [6.45, 7) is 0. The molecule has 0 bridgehead atoms. The lowest BCUT2D eigenvalue weighted by molar-refractivity contribution is 0.769. The van der Waals surface area contributed by atoms with E-state index < -0.39 is 5.41 Å². The minimum Gasteiger partial charge on any atom is -0.0843 e. The molecule has 0 radical (unpaired) electrons. The first kappa shape index (κ1) is 24.0. The molecule has 1 aliphatic rings. The molecule has 0 heterocycles. The van der Waals surface area contributed by atoms with Gasteiger partial charge in [-0.3, -0.25) is 0 Å². The summed E-state index contributed by atoms with van der Waals surface area (Å²) in [5.41, 5.74) is 11.9. The standard InChI is InChI=1S/C37H24Cl2/c38-31-21-13-27(14-22-31)25-9-17-29(18-10-25)37(30-19-11-26(12-20-30)28-15-23-32(39)24-16-28)35-7-3-1-5-33(35)34-6-2-4-8-36(34)37/h1-24H. The molecule has 2 heteroatoms. The molecule has 6 aromatic rings. The Balaban J connectivity index is 1.43. The monoisotopic (exact) mass is 538 g/mol. The summed E-state index contributed by atoms with van der Waals surface area (Å²) in [5.74, 6) is 0. The second-order valence-electron chi connectivity index (χ2n) is 10.0. The topological polar surface area (TPSA) is 0 Å². The van der Waals surface area contributed by atoms with E-state index in [0.29, 0.717) is 0 Å². The van der Waals surface area contributed by atoms with Crippen LogP contribution in [-0.2, 0) is 5.41 Å². The van der Waals surface area contributed by atoms with Gasteiger partial charge in [0.05, 0.1) is 5.41 Å². The van der Waals surface area contributed by atoms with Crippen molar-refractivity contribution in [2.45, 2.75) is 5.41 Å². The fraction of sp³-hybridized carbons (Fsp3) is 0.0270. The largest absolute Gasteiger partial charge is 0.0843 e. The quantitative estimate of drug-likeness (QED) is 0.209. The Hall–Kier alpha value is -4.10. The van der Waals surface area contributed by atoms with Crippen LogP contribution in [0.25, 0.3) is 33.4 Å². The smallest absolute Gasteiger partial charge is 0.0713 e. The van der Waals surface area contributed by atoms with Crippen LogP contribution in [0.15, 0.2) is 146 Å². The molecule has 39 heavy (non-hydrogen) atoms. The minimum absolute atomic E-state index is 0.426. The van der Waals surface area contributed by atoms with Gasteiger partial charge in [0.15, 0.2) is 0 Å². The summed E-state index contributed by atoms with van der Waals surface area (Å²) in [4.78, 5) is 0. The van der Waals surface area contributed by atoms with Crippen molar-refractivity contribution in [1.82, 2.24) is 0 Å². The van der Waals surface area contributed by atoms with Crippen LogP contribution in [0.3, 0.4) is 0 Å². The van der Waals surface area contributed by atoms with Crippen molar-refractivity contribution in [3.8, 4) is 33.4 Å². The lowest BCUT2D eigenvalue weighted by Gasteiger charge is -2.34. The van der Waals surface area contributed by atoms with Crippen molar-refractivity contribution in [1.29, 1.82) is 0 Å². The van der Waals surface area contributed by atoms with Crippen LogP contribution in [0.1, 0.15) is 22.3 Å². The van der Waals surface area contributed by atoms with Gasteiger partial charge >= 0.3 is 0 Å². The van der Waals surface area contributed by atoms with E-state index in [4.69, 9.17) is 23.2 Å². The fourth-order valence-corrected chi connectivity index (χ4v) is 6.39. The van der Waals surface area contributed by atoms with Gasteiger partial charge in [-0.2, -0.15) is 0 Å². The first-order valence-corrected chi connectivity index (χ1v) is 13.8. The number of benzene rings is 6. The highest BCUT2D eigenvalue weighted by atomic mass is 35.5. The molecule has 0 unspecified atom stereocenters. The molecular weight excluding hydrogens is 515 g/mol. The third kappa shape index (κ3) is 3.91. The zero-order valence-corrected chi connectivity index (χ0v) is 22.6. The van der Waals surface area contributed by atoms with E-state index in [0.717, 1.165) is 21.2 Å². The van der Waals surface area contributed by atoms with E-state index >= 15 is 0 Å². The van der Waals surface area contributed by atoms with Gasteiger partial charge in [0.25, 0.3) is 0 Å². The molecule has 0 amide bonds. The van der Waals surface area contributed by atoms with Gasteiger partial charge in [0, 0.05) is 10.0 Å². The third-order valence-electron chi connectivity index (χ3n) is 7.94. The SMILES string of the molecule is Clc1ccc(-c2ccc(C3(c4ccc(-c5ccc(Cl)cc5)cc4)c4ccccc4-c4ccccc43)cc2)cc1. The number of rotatable bonds is 4. The Morgan fingerprint density at radius 3 is 1.00 bits per heavy atom. The van der Waals surface area contributed by atoms with Crippen LogP contribution in [0.4, 0.5) is 0 Å². The van der Waals surface area contributed by atoms with Crippen molar-refractivity contribution in [3.63, 3.8) is 0 Å². The molecule has 0 N–H and O–H groups in total. The second-order valence-corrected chi connectivity index (χ2v) is 10.9. The van der Waals surface area contributed by atoms with E-state index in [-0.39, 0.29) is 0 Å². The molecule has 186 valence electrons. The number of hydrogen-bond acceptors (Lipinski definition) is 0. The first-order chi connectivity index (χ1) is 19.1. The van der Waals surface area contributed by atoms with E-state index in [1.807, 2.05) is 24.3 Å². The van der Waals surface area contributed by atoms with Gasteiger partial charge in [0.2, 0.25) is 0 Å². The van der Waals surface area contributed by atoms with Crippen LogP contribution >= 0.6 is 23.2 Å². The maximum absolute atomic E-state index is 6.14. The Bertz CT molecular complexity index is 1640. The normalized spacial score (nSPS) is 13.1. The molecule has 0 aromatic heterocycles. The predicted octanol–water partition coefficient (Wildman–Crippen LogP) is 10.7. The molecule has 6 aromatic carbocycles. The van der Waals surface area contributed by atoms with E-state index in [2.05, 4.69) is 121 Å². The van der Waals surface area contributed by atoms with Gasteiger partial charge in [-0.05, 0) is 79.9 Å². The first-order valence-electron chi connectivity index (χ1n) is 13.1. The highest BCUT2D eigenvalue weighted by Crippen LogP contribution is 2.56. The van der Waals surface area contributed by atoms with Crippen molar-refractivity contribution in [2.24, 2.45) is 0 Å². The molecule has 0 atom stereocenters. The average molecular weight is 540 g/mol. The molecule has 0 fully saturated rings. The summed E-state index contributed by atoms with van der Waals surface area (Å²) in [7, 11) is 0. The minimum atomic E-state index is -0.426. The molecule has 0 spiro atoms. The summed E-state index contributed by atoms with van der Waals surface area (Å²) in [5, 5.41) is 1.49. The van der Waals surface area contributed by atoms with Crippen molar-refractivity contribution in [3.05, 3.63) is 178 Å². The van der Waals surface area contributed by atoms with Crippen molar-refractivity contribution >= 4 is 23.2 Å². The van der Waals surface area contributed by atoms with Crippen LogP contribution in [-0.4, -0.2) is 0 Å². The van der Waals surface area contributed by atoms with E-state index in [1.54, 1.807) is 0 Å². The Morgan fingerprint density at radius 2 is 0.641 bits per heavy atom. The average Bonchev–Trinajstić information content (AvgIpc) is 3.29. The van der Waals surface area contributed by atoms with Crippen LogP contribution in [0.2, 0.25) is 10.0 Å². The lowest BCUT2D eigenvalue weighted by atomic mass is 9.67. The van der Waals surface area contributed by atoms with Gasteiger partial charge in [-0.1, -0.05) is 145 Å². The molecule has 0 saturated carbocycles. The van der Waals surface area contributed by atoms with Crippen LogP contribution < -0.4 is 0 Å². The highest BCUT2D eigenvalue weighted by Gasteiger charge is 2.45. The molecule has 7 rings (SSSR count). The Kier molecular flexibility index (Phi) is 5.89. The summed E-state index contributed by atoms with van der Waals surface area (Å²) in [6.07, 6.45) is 0. The maximum atomic E-state index is 6.14. The van der Waals surface area contributed by atoms with Crippen molar-refractivity contribution < 1.29 is 0 Å². The van der Waals surface area contributed by atoms with Gasteiger partial charge in [-0.15, -0.1) is 0 Å². The van der Waals surface area contributed by atoms with Gasteiger partial charge in [0.1, 0.15) is 0 Å². The summed E-state index contributed by atoms with van der Waals surface area (Å²) in [6, 6.07) is 51.8. The van der Waals surface area contributed by atoms with Crippen LogP contribution in [0.5, 0.6) is 0 Å². The maximum Gasteiger partial charge on any atom is 0.0713 e. The third-order valence-corrected chi connectivity index (χ3v) is 8.45. The van der Waals surface area contributed by atoms with Gasteiger partial charge < -0.3 is 0 Å². The molecular formula is C37H24Cl2. The summed E-state index contributed by atoms with van der Waals surface area (Å²) < 4.78 is 0. The van der Waals surface area contributed by atoms with Crippen molar-refractivity contribution in [2.75, 3.05) is 0 Å². The zero-order chi connectivity index (χ0) is 26.4. The predicted molar refractivity (Wildman–Crippen MR) is 165 cm³/mol. The molecule has 0 saturated heterocycles. The number of halogens is 2. The summed E-state index contributed by atoms with van der Waals surface area (Å²) >= 11 is 12.3. The molecule has 0 aliphatic heterocycles. The van der Waals surface area contributed by atoms with Crippen LogP contribution in [0, 0.1) is 0 Å². The van der Waals surface area contributed by atoms with Gasteiger partial charge in [-0.25, -0.2) is 0 Å². The number of hydrogen-bond donors (Lipinski definition) is 0. The molecule has 0 nitrogen and oxygen atoms in total.